The van der Waals surface area contributed by atoms with E-state index >= 15 is 0 Å². The Morgan fingerprint density at radius 2 is 2.00 bits per heavy atom. The summed E-state index contributed by atoms with van der Waals surface area (Å²) in [6.07, 6.45) is 4.96. The maximum atomic E-state index is 12.1. The number of pyridine rings is 1. The summed E-state index contributed by atoms with van der Waals surface area (Å²) in [5.74, 6) is -0.375. The number of benzene rings is 1. The number of carbonyl (C=O) groups excluding carboxylic acids is 1. The second kappa shape index (κ2) is 7.19. The first kappa shape index (κ1) is 15.5. The predicted octanol–water partition coefficient (Wildman–Crippen LogP) is 2.92. The van der Waals surface area contributed by atoms with E-state index in [4.69, 9.17) is 0 Å². The summed E-state index contributed by atoms with van der Waals surface area (Å²) in [6, 6.07) is 11.6. The minimum absolute atomic E-state index is 0.0998. The van der Waals surface area contributed by atoms with Crippen molar-refractivity contribution in [3.63, 3.8) is 0 Å². The number of aromatic nitrogens is 1. The number of nitriles is 1. The zero-order chi connectivity index (χ0) is 15.9. The smallest absolute Gasteiger partial charge is 0.262 e. The zero-order valence-corrected chi connectivity index (χ0v) is 12.6. The summed E-state index contributed by atoms with van der Waals surface area (Å²) in [5.41, 5.74) is 4.04. The van der Waals surface area contributed by atoms with E-state index in [0.29, 0.717) is 6.54 Å². The highest BCUT2D eigenvalue weighted by Crippen LogP contribution is 2.14. The zero-order valence-electron chi connectivity index (χ0n) is 12.6. The number of hydrogen-bond acceptors (Lipinski definition) is 3. The molecule has 0 bridgehead atoms. The SMILES string of the molecule is Cc1ccc(C)c(/C=C(\C#N)C(=O)NCc2ccncc2)c1. The van der Waals surface area contributed by atoms with Gasteiger partial charge in [0.2, 0.25) is 0 Å². The van der Waals surface area contributed by atoms with Gasteiger partial charge in [-0.3, -0.25) is 9.78 Å². The Morgan fingerprint density at radius 3 is 2.68 bits per heavy atom. The van der Waals surface area contributed by atoms with Gasteiger partial charge in [0.1, 0.15) is 11.6 Å². The average molecular weight is 291 g/mol. The largest absolute Gasteiger partial charge is 0.347 e. The molecule has 22 heavy (non-hydrogen) atoms. The molecule has 110 valence electrons. The second-order valence-electron chi connectivity index (χ2n) is 5.07. The quantitative estimate of drug-likeness (QED) is 0.695. The van der Waals surface area contributed by atoms with Crippen molar-refractivity contribution < 1.29 is 4.79 Å². The van der Waals surface area contributed by atoms with Crippen LogP contribution in [0.25, 0.3) is 6.08 Å². The van der Waals surface area contributed by atoms with E-state index in [9.17, 15) is 10.1 Å². The van der Waals surface area contributed by atoms with Crippen molar-refractivity contribution in [3.05, 3.63) is 70.6 Å². The first-order chi connectivity index (χ1) is 10.6. The molecule has 0 saturated carbocycles. The molecule has 0 aliphatic heterocycles. The van der Waals surface area contributed by atoms with Crippen LogP contribution in [0, 0.1) is 25.2 Å². The van der Waals surface area contributed by atoms with E-state index in [2.05, 4.69) is 10.3 Å². The number of hydrogen-bond donors (Lipinski definition) is 1. The molecule has 0 aliphatic rings. The first-order valence-corrected chi connectivity index (χ1v) is 6.96. The molecule has 0 saturated heterocycles. The Hall–Kier alpha value is -2.93. The number of nitrogens with zero attached hydrogens (tertiary/aromatic N) is 2. The highest BCUT2D eigenvalue weighted by atomic mass is 16.1. The van der Waals surface area contributed by atoms with Crippen molar-refractivity contribution in [2.75, 3.05) is 0 Å². The van der Waals surface area contributed by atoms with Crippen LogP contribution in [0.3, 0.4) is 0 Å². The molecule has 1 amide bonds. The van der Waals surface area contributed by atoms with Gasteiger partial charge in [0.05, 0.1) is 0 Å². The summed E-state index contributed by atoms with van der Waals surface area (Å²) in [5, 5.41) is 12.0. The van der Waals surface area contributed by atoms with Crippen molar-refractivity contribution >= 4 is 12.0 Å². The third-order valence-corrected chi connectivity index (χ3v) is 3.30. The standard InChI is InChI=1S/C18H17N3O/c1-13-3-4-14(2)16(9-13)10-17(11-19)18(22)21-12-15-5-7-20-8-6-15/h3-10H,12H2,1-2H3,(H,21,22)/b17-10+. The van der Waals surface area contributed by atoms with E-state index in [1.165, 1.54) is 0 Å². The fraction of sp³-hybridized carbons (Fsp3) is 0.167. The van der Waals surface area contributed by atoms with Gasteiger partial charge < -0.3 is 5.32 Å². The molecule has 4 heteroatoms. The van der Waals surface area contributed by atoms with Gasteiger partial charge in [-0.1, -0.05) is 23.8 Å². The van der Waals surface area contributed by atoms with E-state index in [-0.39, 0.29) is 11.5 Å². The Kier molecular flexibility index (Phi) is 5.05. The molecule has 4 nitrogen and oxygen atoms in total. The number of aryl methyl sites for hydroxylation is 2. The molecule has 2 rings (SSSR count). The Balaban J connectivity index is 2.14. The van der Waals surface area contributed by atoms with Crippen LogP contribution in [-0.4, -0.2) is 10.9 Å². The van der Waals surface area contributed by atoms with Gasteiger partial charge in [-0.25, -0.2) is 0 Å². The van der Waals surface area contributed by atoms with Crippen LogP contribution in [0.4, 0.5) is 0 Å². The maximum Gasteiger partial charge on any atom is 0.262 e. The molecule has 0 aliphatic carbocycles. The summed E-state index contributed by atoms with van der Waals surface area (Å²) >= 11 is 0. The Labute approximate surface area is 130 Å². The highest BCUT2D eigenvalue weighted by Gasteiger charge is 2.09. The minimum atomic E-state index is -0.375. The monoisotopic (exact) mass is 291 g/mol. The first-order valence-electron chi connectivity index (χ1n) is 6.96. The van der Waals surface area contributed by atoms with Crippen LogP contribution in [0.5, 0.6) is 0 Å². The van der Waals surface area contributed by atoms with Gasteiger partial charge in [-0.05, 0) is 48.7 Å². The van der Waals surface area contributed by atoms with Crippen LogP contribution in [0.2, 0.25) is 0 Å². The molecule has 0 unspecified atom stereocenters. The van der Waals surface area contributed by atoms with Gasteiger partial charge in [-0.2, -0.15) is 5.26 Å². The van der Waals surface area contributed by atoms with Crippen molar-refractivity contribution in [1.82, 2.24) is 10.3 Å². The van der Waals surface area contributed by atoms with Gasteiger partial charge in [0.15, 0.2) is 0 Å². The normalized spacial score (nSPS) is 10.9. The number of carbonyl (C=O) groups is 1. The summed E-state index contributed by atoms with van der Waals surface area (Å²) in [6.45, 7) is 4.30. The molecule has 1 aromatic carbocycles. The fourth-order valence-electron chi connectivity index (χ4n) is 2.00. The van der Waals surface area contributed by atoms with E-state index in [0.717, 1.165) is 22.3 Å². The lowest BCUT2D eigenvalue weighted by Crippen LogP contribution is -2.23. The van der Waals surface area contributed by atoms with Gasteiger partial charge in [-0.15, -0.1) is 0 Å². The van der Waals surface area contributed by atoms with Crippen molar-refractivity contribution in [1.29, 1.82) is 5.26 Å². The molecule has 1 heterocycles. The highest BCUT2D eigenvalue weighted by molar-refractivity contribution is 6.01. The van der Waals surface area contributed by atoms with Gasteiger partial charge in [0.25, 0.3) is 5.91 Å². The molecular formula is C18H17N3O. The van der Waals surface area contributed by atoms with Crippen LogP contribution in [0.1, 0.15) is 22.3 Å². The van der Waals surface area contributed by atoms with Crippen LogP contribution < -0.4 is 5.32 Å². The molecule has 0 spiro atoms. The summed E-state index contributed by atoms with van der Waals surface area (Å²) < 4.78 is 0. The molecule has 0 atom stereocenters. The lowest BCUT2D eigenvalue weighted by atomic mass is 10.0. The van der Waals surface area contributed by atoms with Crippen LogP contribution >= 0.6 is 0 Å². The molecule has 1 aromatic heterocycles. The third kappa shape index (κ3) is 4.03. The number of amides is 1. The second-order valence-corrected chi connectivity index (χ2v) is 5.07. The minimum Gasteiger partial charge on any atom is -0.347 e. The number of nitrogens with one attached hydrogen (secondary N) is 1. The summed E-state index contributed by atoms with van der Waals surface area (Å²) in [4.78, 5) is 16.1. The fourth-order valence-corrected chi connectivity index (χ4v) is 2.00. The van der Waals surface area contributed by atoms with E-state index < -0.39 is 0 Å². The average Bonchev–Trinajstić information content (AvgIpc) is 2.54. The molecule has 2 aromatic rings. The predicted molar refractivity (Wildman–Crippen MR) is 85.6 cm³/mol. The Morgan fingerprint density at radius 1 is 1.27 bits per heavy atom. The van der Waals surface area contributed by atoms with Gasteiger partial charge in [0, 0.05) is 18.9 Å². The summed E-state index contributed by atoms with van der Waals surface area (Å²) in [7, 11) is 0. The lowest BCUT2D eigenvalue weighted by Gasteiger charge is -2.06. The Bertz CT molecular complexity index is 743. The van der Waals surface area contributed by atoms with E-state index in [1.54, 1.807) is 18.5 Å². The van der Waals surface area contributed by atoms with E-state index in [1.807, 2.05) is 50.2 Å². The molecule has 1 N–H and O–H groups in total. The topological polar surface area (TPSA) is 65.8 Å². The molecule has 0 fully saturated rings. The number of rotatable bonds is 4. The maximum absolute atomic E-state index is 12.1. The third-order valence-electron chi connectivity index (χ3n) is 3.30. The van der Waals surface area contributed by atoms with Crippen molar-refractivity contribution in [3.8, 4) is 6.07 Å². The van der Waals surface area contributed by atoms with Crippen molar-refractivity contribution in [2.24, 2.45) is 0 Å². The van der Waals surface area contributed by atoms with Crippen LogP contribution in [-0.2, 0) is 11.3 Å². The lowest BCUT2D eigenvalue weighted by molar-refractivity contribution is -0.117. The molecular weight excluding hydrogens is 274 g/mol. The van der Waals surface area contributed by atoms with Crippen molar-refractivity contribution in [2.45, 2.75) is 20.4 Å². The van der Waals surface area contributed by atoms with Gasteiger partial charge >= 0.3 is 0 Å². The molecule has 0 radical (unpaired) electrons. The van der Waals surface area contributed by atoms with Crippen LogP contribution in [0.15, 0.2) is 48.3 Å².